The highest BCUT2D eigenvalue weighted by Crippen LogP contribution is 2.27. The molecule has 0 radical (unpaired) electrons. The van der Waals surface area contributed by atoms with Crippen molar-refractivity contribution >= 4 is 16.9 Å². The summed E-state index contributed by atoms with van der Waals surface area (Å²) >= 11 is 0. The van der Waals surface area contributed by atoms with Gasteiger partial charge in [0.1, 0.15) is 23.9 Å². The highest BCUT2D eigenvalue weighted by molar-refractivity contribution is 5.90. The van der Waals surface area contributed by atoms with Crippen LogP contribution in [0.2, 0.25) is 0 Å². The molecule has 2 aromatic heterocycles. The number of methoxy groups -OCH3 is 1. The molecule has 7 heteroatoms. The molecule has 3 aromatic rings. The zero-order valence-corrected chi connectivity index (χ0v) is 10.5. The molecule has 3 rings (SSSR count). The molecular formula is C12H12N6O. The zero-order chi connectivity index (χ0) is 13.2. The lowest BCUT2D eigenvalue weighted by Crippen LogP contribution is -2.05. The minimum Gasteiger partial charge on any atom is -0.494 e. The predicted molar refractivity (Wildman–Crippen MR) is 70.6 cm³/mol. The highest BCUT2D eigenvalue weighted by atomic mass is 16.5. The van der Waals surface area contributed by atoms with Crippen LogP contribution in [0.1, 0.15) is 0 Å². The van der Waals surface area contributed by atoms with Gasteiger partial charge in [0.25, 0.3) is 0 Å². The number of rotatable bonds is 3. The molecule has 1 aromatic carbocycles. The smallest absolute Gasteiger partial charge is 0.225 e. The molecule has 96 valence electrons. The number of hydrogen-bond acceptors (Lipinski definition) is 6. The van der Waals surface area contributed by atoms with Crippen molar-refractivity contribution in [3.05, 3.63) is 30.9 Å². The average molecular weight is 256 g/mol. The molecule has 0 fully saturated rings. The molecule has 2 heterocycles. The predicted octanol–water partition coefficient (Wildman–Crippen LogP) is 1.26. The van der Waals surface area contributed by atoms with Crippen molar-refractivity contribution in [2.75, 3.05) is 19.5 Å². The van der Waals surface area contributed by atoms with E-state index in [4.69, 9.17) is 4.74 Å². The van der Waals surface area contributed by atoms with Gasteiger partial charge in [0, 0.05) is 12.4 Å². The third-order valence-electron chi connectivity index (χ3n) is 2.75. The van der Waals surface area contributed by atoms with Gasteiger partial charge in [-0.15, -0.1) is 0 Å². The maximum absolute atomic E-state index is 5.34. The fraction of sp³-hybridized carbons (Fsp3) is 0.167. The molecule has 0 bridgehead atoms. The van der Waals surface area contributed by atoms with E-state index in [1.807, 2.05) is 18.2 Å². The standard InChI is InChI=1S/C12H12N6O/c1-13-12-16-10-8(4-3-5-9(10)19-2)11(17-12)18-7-14-6-15-18/h3-7H,1-2H3,(H,13,16,17). The van der Waals surface area contributed by atoms with Gasteiger partial charge in [-0.1, -0.05) is 6.07 Å². The van der Waals surface area contributed by atoms with E-state index in [1.54, 1.807) is 25.2 Å². The quantitative estimate of drug-likeness (QED) is 0.760. The lowest BCUT2D eigenvalue weighted by atomic mass is 10.2. The van der Waals surface area contributed by atoms with Crippen LogP contribution in [-0.2, 0) is 0 Å². The molecule has 0 atom stereocenters. The number of benzene rings is 1. The van der Waals surface area contributed by atoms with Gasteiger partial charge in [0.05, 0.1) is 7.11 Å². The van der Waals surface area contributed by atoms with Crippen LogP contribution in [0.4, 0.5) is 5.95 Å². The SMILES string of the molecule is CNc1nc(-n2cncn2)c2cccc(OC)c2n1. The molecule has 0 aliphatic carbocycles. The molecule has 0 aliphatic heterocycles. The number of aromatic nitrogens is 5. The topological polar surface area (TPSA) is 77.8 Å². The van der Waals surface area contributed by atoms with Crippen LogP contribution >= 0.6 is 0 Å². The molecule has 7 nitrogen and oxygen atoms in total. The van der Waals surface area contributed by atoms with Gasteiger partial charge >= 0.3 is 0 Å². The zero-order valence-electron chi connectivity index (χ0n) is 10.5. The van der Waals surface area contributed by atoms with Crippen LogP contribution in [0.25, 0.3) is 16.7 Å². The van der Waals surface area contributed by atoms with Crippen LogP contribution in [0.15, 0.2) is 30.9 Å². The molecule has 0 spiro atoms. The van der Waals surface area contributed by atoms with E-state index in [9.17, 15) is 0 Å². The molecule has 0 saturated heterocycles. The maximum Gasteiger partial charge on any atom is 0.225 e. The first-order chi connectivity index (χ1) is 9.33. The Balaban J connectivity index is 2.37. The largest absolute Gasteiger partial charge is 0.494 e. The second-order valence-corrected chi connectivity index (χ2v) is 3.82. The summed E-state index contributed by atoms with van der Waals surface area (Å²) in [5, 5.41) is 7.90. The molecule has 1 N–H and O–H groups in total. The maximum atomic E-state index is 5.34. The van der Waals surface area contributed by atoms with Gasteiger partial charge in [-0.05, 0) is 12.1 Å². The fourth-order valence-electron chi connectivity index (χ4n) is 1.88. The summed E-state index contributed by atoms with van der Waals surface area (Å²) < 4.78 is 6.94. The van der Waals surface area contributed by atoms with Crippen molar-refractivity contribution in [3.8, 4) is 11.6 Å². The van der Waals surface area contributed by atoms with Crippen molar-refractivity contribution in [2.45, 2.75) is 0 Å². The fourth-order valence-corrected chi connectivity index (χ4v) is 1.88. The number of hydrogen-bond donors (Lipinski definition) is 1. The van der Waals surface area contributed by atoms with Crippen LogP contribution in [0, 0.1) is 0 Å². The third kappa shape index (κ3) is 1.85. The number of ether oxygens (including phenoxy) is 1. The van der Waals surface area contributed by atoms with Gasteiger partial charge in [-0.25, -0.2) is 14.6 Å². The van der Waals surface area contributed by atoms with E-state index in [1.165, 1.54) is 6.33 Å². The lowest BCUT2D eigenvalue weighted by Gasteiger charge is -2.10. The van der Waals surface area contributed by atoms with E-state index in [2.05, 4.69) is 25.4 Å². The molecule has 0 amide bonds. The minimum absolute atomic E-state index is 0.502. The first kappa shape index (κ1) is 11.4. The summed E-state index contributed by atoms with van der Waals surface area (Å²) in [5.74, 6) is 1.85. The first-order valence-corrected chi connectivity index (χ1v) is 5.71. The Kier molecular flexibility index (Phi) is 2.71. The summed E-state index contributed by atoms with van der Waals surface area (Å²) in [4.78, 5) is 12.8. The first-order valence-electron chi connectivity index (χ1n) is 5.71. The van der Waals surface area contributed by atoms with E-state index in [0.29, 0.717) is 17.5 Å². The number of nitrogens with zero attached hydrogens (tertiary/aromatic N) is 5. The Morgan fingerprint density at radius 1 is 1.26 bits per heavy atom. The molecule has 0 unspecified atom stereocenters. The Morgan fingerprint density at radius 2 is 2.16 bits per heavy atom. The number of nitrogens with one attached hydrogen (secondary N) is 1. The molecule has 0 saturated carbocycles. The Morgan fingerprint density at radius 3 is 2.84 bits per heavy atom. The van der Waals surface area contributed by atoms with Crippen molar-refractivity contribution in [2.24, 2.45) is 0 Å². The van der Waals surface area contributed by atoms with Crippen LogP contribution in [0.3, 0.4) is 0 Å². The van der Waals surface area contributed by atoms with Gasteiger partial charge in [0.2, 0.25) is 5.95 Å². The van der Waals surface area contributed by atoms with E-state index >= 15 is 0 Å². The van der Waals surface area contributed by atoms with Crippen molar-refractivity contribution < 1.29 is 4.74 Å². The molecule has 0 aliphatic rings. The van der Waals surface area contributed by atoms with Gasteiger partial charge in [0.15, 0.2) is 5.82 Å². The number of fused-ring (bicyclic) bond motifs is 1. The van der Waals surface area contributed by atoms with Gasteiger partial charge in [-0.2, -0.15) is 10.1 Å². The van der Waals surface area contributed by atoms with E-state index in [-0.39, 0.29) is 0 Å². The summed E-state index contributed by atoms with van der Waals surface area (Å²) in [5.41, 5.74) is 0.731. The summed E-state index contributed by atoms with van der Waals surface area (Å²) in [7, 11) is 3.38. The van der Waals surface area contributed by atoms with Crippen LogP contribution in [-0.4, -0.2) is 38.9 Å². The van der Waals surface area contributed by atoms with Crippen molar-refractivity contribution in [1.29, 1.82) is 0 Å². The van der Waals surface area contributed by atoms with E-state index < -0.39 is 0 Å². The van der Waals surface area contributed by atoms with Crippen molar-refractivity contribution in [1.82, 2.24) is 24.7 Å². The number of para-hydroxylation sites is 1. The van der Waals surface area contributed by atoms with Crippen LogP contribution < -0.4 is 10.1 Å². The van der Waals surface area contributed by atoms with Crippen molar-refractivity contribution in [3.63, 3.8) is 0 Å². The second-order valence-electron chi connectivity index (χ2n) is 3.82. The van der Waals surface area contributed by atoms with E-state index in [0.717, 1.165) is 10.9 Å². The summed E-state index contributed by atoms with van der Waals surface area (Å²) in [6.45, 7) is 0. The Hall–Kier alpha value is -2.70. The average Bonchev–Trinajstić information content (AvgIpc) is 2.99. The molecule has 19 heavy (non-hydrogen) atoms. The normalized spacial score (nSPS) is 10.6. The Labute approximate surface area is 109 Å². The van der Waals surface area contributed by atoms with Gasteiger partial charge < -0.3 is 10.1 Å². The van der Waals surface area contributed by atoms with Gasteiger partial charge in [-0.3, -0.25) is 0 Å². The number of anilines is 1. The second kappa shape index (κ2) is 4.52. The van der Waals surface area contributed by atoms with Crippen LogP contribution in [0.5, 0.6) is 5.75 Å². The molecular weight excluding hydrogens is 244 g/mol. The monoisotopic (exact) mass is 256 g/mol. The highest BCUT2D eigenvalue weighted by Gasteiger charge is 2.12. The third-order valence-corrected chi connectivity index (χ3v) is 2.75. The lowest BCUT2D eigenvalue weighted by molar-refractivity contribution is 0.419. The summed E-state index contributed by atoms with van der Waals surface area (Å²) in [6, 6.07) is 5.68. The summed E-state index contributed by atoms with van der Waals surface area (Å²) in [6.07, 6.45) is 3.06. The minimum atomic E-state index is 0.502. The Bertz CT molecular complexity index is 710.